The third-order valence-electron chi connectivity index (χ3n) is 11.3. The van der Waals surface area contributed by atoms with Crippen molar-refractivity contribution in [2.75, 3.05) is 0 Å². The molecule has 0 aliphatic rings. The maximum Gasteiger partial charge on any atom is 0.123 e. The molecule has 0 saturated carbocycles. The molecular weight excluding hydrogens is 988 g/mol. The summed E-state index contributed by atoms with van der Waals surface area (Å²) in [6.45, 7) is 23.1. The van der Waals surface area contributed by atoms with Crippen molar-refractivity contribution in [1.82, 2.24) is 19.5 Å². The number of fused-ring (bicyclic) bond motifs is 4. The molecule has 0 bridgehead atoms. The molecule has 4 nitrogen and oxygen atoms in total. The summed E-state index contributed by atoms with van der Waals surface area (Å²) in [6.07, 6.45) is 5.08. The minimum atomic E-state index is -1.37. The van der Waals surface area contributed by atoms with E-state index in [0.717, 1.165) is 71.5 Å². The van der Waals surface area contributed by atoms with Crippen LogP contribution in [0.4, 0.5) is 4.39 Å². The molecule has 9 rings (SSSR count). The van der Waals surface area contributed by atoms with Crippen LogP contribution in [-0.4, -0.2) is 27.6 Å². The van der Waals surface area contributed by atoms with E-state index in [9.17, 15) is 4.39 Å². The molecule has 4 aromatic heterocycles. The Bertz CT molecular complexity index is 3000. The van der Waals surface area contributed by atoms with Crippen LogP contribution in [0, 0.1) is 23.4 Å². The molecule has 0 atom stereocenters. The average Bonchev–Trinajstić information content (AvgIpc) is 3.81. The fraction of sp³-hybridized carbons (Fsp3) is 0.255. The van der Waals surface area contributed by atoms with E-state index in [2.05, 4.69) is 152 Å². The van der Waals surface area contributed by atoms with Gasteiger partial charge in [-0.2, -0.15) is 11.3 Å². The van der Waals surface area contributed by atoms with Crippen LogP contribution in [0.3, 0.4) is 0 Å². The van der Waals surface area contributed by atoms with Crippen molar-refractivity contribution >= 4 is 55.9 Å². The molecule has 4 heterocycles. The quantitative estimate of drug-likeness (QED) is 0.113. The maximum absolute atomic E-state index is 13.5. The zero-order chi connectivity index (χ0) is 43.9. The van der Waals surface area contributed by atoms with E-state index in [1.807, 2.05) is 36.5 Å². The van der Waals surface area contributed by atoms with Crippen molar-refractivity contribution in [2.24, 2.45) is 5.41 Å². The number of rotatable bonds is 8. The minimum absolute atomic E-state index is 0. The molecule has 0 spiro atoms. The Labute approximate surface area is 391 Å². The molecular formula is C55H55FIrN4SSi-2. The van der Waals surface area contributed by atoms with Crippen LogP contribution < -0.4 is 5.19 Å². The van der Waals surface area contributed by atoms with Crippen molar-refractivity contribution < 1.29 is 24.5 Å². The summed E-state index contributed by atoms with van der Waals surface area (Å²) >= 11 is 1.71. The number of thiophene rings is 1. The third-order valence-corrected chi connectivity index (χ3v) is 14.5. The molecule has 0 fully saturated rings. The average molecular weight is 1040 g/mol. The van der Waals surface area contributed by atoms with Gasteiger partial charge < -0.3 is 9.55 Å². The Kier molecular flexibility index (Phi) is 13.5. The Balaban J connectivity index is 0.000000229. The minimum Gasteiger partial charge on any atom is -0.333 e. The van der Waals surface area contributed by atoms with E-state index < -0.39 is 8.07 Å². The Morgan fingerprint density at radius 3 is 2.10 bits per heavy atom. The van der Waals surface area contributed by atoms with Crippen molar-refractivity contribution in [3.05, 3.63) is 162 Å². The first-order valence-electron chi connectivity index (χ1n) is 21.6. The van der Waals surface area contributed by atoms with Crippen LogP contribution >= 0.6 is 11.3 Å². The van der Waals surface area contributed by atoms with E-state index in [4.69, 9.17) is 15.0 Å². The third kappa shape index (κ3) is 9.70. The number of benzene rings is 5. The monoisotopic (exact) mass is 1040 g/mol. The van der Waals surface area contributed by atoms with Gasteiger partial charge in [-0.15, -0.1) is 54.1 Å². The van der Waals surface area contributed by atoms with Crippen LogP contribution in [-0.2, 0) is 26.5 Å². The van der Waals surface area contributed by atoms with Gasteiger partial charge in [0.1, 0.15) is 5.82 Å². The SMILES string of the molecule is CC(C)(C)Cc1cc(-c2[c-]cccc2)ncc1[Si](C)(C)C.CC(C)c1cccc(C(C)C)c1-n1c(-c2[c-]ccc3c2sc2cc(-c4ccc(F)cc4)cnc23)nc2ccccc21.[Ir]. The van der Waals surface area contributed by atoms with Gasteiger partial charge in [0, 0.05) is 48.4 Å². The predicted molar refractivity (Wildman–Crippen MR) is 264 cm³/mol. The van der Waals surface area contributed by atoms with Crippen molar-refractivity contribution in [2.45, 2.75) is 86.4 Å². The largest absolute Gasteiger partial charge is 0.333 e. The normalized spacial score (nSPS) is 12.0. The van der Waals surface area contributed by atoms with Gasteiger partial charge in [-0.25, -0.2) is 4.39 Å². The van der Waals surface area contributed by atoms with E-state index in [0.29, 0.717) is 11.8 Å². The zero-order valence-corrected chi connectivity index (χ0v) is 42.1. The van der Waals surface area contributed by atoms with Crippen molar-refractivity contribution in [1.29, 1.82) is 0 Å². The van der Waals surface area contributed by atoms with Gasteiger partial charge in [0.2, 0.25) is 0 Å². The standard InChI is InChI=1S/C36H29FN3S.C19H26NSi.Ir/c1-21(2)26-9-7-10-27(22(3)4)34(26)40-31-14-6-5-13-30(31)39-36(40)29-12-8-11-28-33-32(41-35(28)29)19-24(20-38-33)23-15-17-25(37)18-16-23;1-19(2,3)13-16-12-17(15-10-8-7-9-11-15)20-14-18(16)21(4,5)6;/h5-11,13-22H,1-4H3;7-10,12,14H,13H2,1-6H3;/q2*-1;. The van der Waals surface area contributed by atoms with Gasteiger partial charge in [-0.1, -0.05) is 133 Å². The van der Waals surface area contributed by atoms with Gasteiger partial charge in [-0.05, 0) is 86.3 Å². The van der Waals surface area contributed by atoms with E-state index in [-0.39, 0.29) is 31.3 Å². The number of halogens is 1. The molecule has 0 aliphatic carbocycles. The molecule has 8 heteroatoms. The predicted octanol–water partition coefficient (Wildman–Crippen LogP) is 15.0. The first kappa shape index (κ1) is 45.9. The van der Waals surface area contributed by atoms with E-state index >= 15 is 0 Å². The fourth-order valence-corrected chi connectivity index (χ4v) is 11.1. The van der Waals surface area contributed by atoms with Gasteiger partial charge in [0.05, 0.1) is 30.4 Å². The van der Waals surface area contributed by atoms with Gasteiger partial charge in [0.15, 0.2) is 0 Å². The number of hydrogen-bond acceptors (Lipinski definition) is 4. The summed E-state index contributed by atoms with van der Waals surface area (Å²) < 4.78 is 18.1. The van der Waals surface area contributed by atoms with Crippen molar-refractivity contribution in [3.8, 4) is 39.5 Å². The molecule has 0 amide bonds. The van der Waals surface area contributed by atoms with Crippen LogP contribution in [0.5, 0.6) is 0 Å². The number of para-hydroxylation sites is 3. The molecule has 63 heavy (non-hydrogen) atoms. The van der Waals surface area contributed by atoms with Crippen LogP contribution in [0.15, 0.2) is 128 Å². The number of aromatic nitrogens is 4. The topological polar surface area (TPSA) is 43.6 Å². The molecule has 9 aromatic rings. The zero-order valence-electron chi connectivity index (χ0n) is 37.9. The Morgan fingerprint density at radius 2 is 1.44 bits per heavy atom. The number of imidazole rings is 1. The second-order valence-corrected chi connectivity index (χ2v) is 25.2. The van der Waals surface area contributed by atoms with Crippen LogP contribution in [0.2, 0.25) is 19.6 Å². The maximum atomic E-state index is 13.5. The molecule has 0 saturated heterocycles. The summed E-state index contributed by atoms with van der Waals surface area (Å²) in [5.41, 5.74) is 13.6. The number of pyridine rings is 2. The van der Waals surface area contributed by atoms with Gasteiger partial charge in [-0.3, -0.25) is 9.97 Å². The summed E-state index contributed by atoms with van der Waals surface area (Å²) in [6, 6.07) is 45.1. The summed E-state index contributed by atoms with van der Waals surface area (Å²) in [5, 5.41) is 2.57. The first-order chi connectivity index (χ1) is 29.6. The molecule has 1 radical (unpaired) electrons. The first-order valence-corrected chi connectivity index (χ1v) is 26.0. The summed E-state index contributed by atoms with van der Waals surface area (Å²) in [7, 11) is -1.37. The number of hydrogen-bond donors (Lipinski definition) is 0. The molecule has 5 aromatic carbocycles. The fourth-order valence-electron chi connectivity index (χ4n) is 8.36. The Morgan fingerprint density at radius 1 is 0.746 bits per heavy atom. The summed E-state index contributed by atoms with van der Waals surface area (Å²) in [5.74, 6) is 1.33. The molecule has 0 N–H and O–H groups in total. The van der Waals surface area contributed by atoms with Crippen LogP contribution in [0.25, 0.3) is 70.8 Å². The smallest absolute Gasteiger partial charge is 0.123 e. The second kappa shape index (κ2) is 18.5. The van der Waals surface area contributed by atoms with E-state index in [1.54, 1.807) is 23.5 Å². The van der Waals surface area contributed by atoms with E-state index in [1.165, 1.54) is 39.7 Å². The van der Waals surface area contributed by atoms with Crippen molar-refractivity contribution in [3.63, 3.8) is 0 Å². The van der Waals surface area contributed by atoms with Crippen LogP contribution in [0.1, 0.15) is 77.0 Å². The Hall–Kier alpha value is -5.11. The van der Waals surface area contributed by atoms with Gasteiger partial charge in [0.25, 0.3) is 0 Å². The number of nitrogens with zero attached hydrogens (tertiary/aromatic N) is 4. The summed E-state index contributed by atoms with van der Waals surface area (Å²) in [4.78, 5) is 14.8. The molecule has 0 unspecified atom stereocenters. The second-order valence-electron chi connectivity index (χ2n) is 19.1. The molecule has 0 aliphatic heterocycles. The van der Waals surface area contributed by atoms with Gasteiger partial charge >= 0.3 is 0 Å². The molecule has 323 valence electrons.